The molecule has 98 valence electrons. The summed E-state index contributed by atoms with van der Waals surface area (Å²) in [6.07, 6.45) is 9.12. The van der Waals surface area contributed by atoms with Crippen molar-refractivity contribution in [3.63, 3.8) is 0 Å². The number of phenolic OH excluding ortho intramolecular Hbond substituents is 1. The van der Waals surface area contributed by atoms with Gasteiger partial charge in [-0.15, -0.1) is 0 Å². The summed E-state index contributed by atoms with van der Waals surface area (Å²) in [5.41, 5.74) is 13.8. The largest absolute Gasteiger partial charge is 0.506 e. The number of rotatable bonds is 2. The van der Waals surface area contributed by atoms with Crippen molar-refractivity contribution in [2.75, 3.05) is 11.5 Å². The van der Waals surface area contributed by atoms with Gasteiger partial charge in [-0.3, -0.25) is 0 Å². The Kier molecular flexibility index (Phi) is 3.80. The summed E-state index contributed by atoms with van der Waals surface area (Å²) in [4.78, 5) is 0. The van der Waals surface area contributed by atoms with E-state index < -0.39 is 0 Å². The maximum atomic E-state index is 9.52. The number of hydrogen-bond donors (Lipinski definition) is 3. The Bertz CT molecular complexity index is 446. The van der Waals surface area contributed by atoms with Crippen LogP contribution in [0.4, 0.5) is 11.4 Å². The van der Waals surface area contributed by atoms with Crippen LogP contribution in [0.3, 0.4) is 0 Å². The van der Waals surface area contributed by atoms with E-state index in [1.807, 2.05) is 6.07 Å². The van der Waals surface area contributed by atoms with Crippen molar-refractivity contribution in [2.45, 2.75) is 38.5 Å². The number of allylic oxidation sites excluding steroid dienone is 2. The minimum absolute atomic E-state index is 0.0823. The predicted octanol–water partition coefficient (Wildman–Crippen LogP) is 3.41. The Morgan fingerprint density at radius 2 is 1.78 bits per heavy atom. The molecule has 1 aliphatic carbocycles. The SMILES string of the molecule is C/C=C/C1CCC(c2ccc(O)c(N)c2N)CC1. The summed E-state index contributed by atoms with van der Waals surface area (Å²) in [6.45, 7) is 2.07. The average Bonchev–Trinajstić information content (AvgIpc) is 2.38. The van der Waals surface area contributed by atoms with E-state index in [4.69, 9.17) is 11.5 Å². The summed E-state index contributed by atoms with van der Waals surface area (Å²) in [6, 6.07) is 3.57. The normalized spacial score (nSPS) is 24.5. The number of nitrogen functional groups attached to an aromatic ring is 2. The molecule has 1 saturated carbocycles. The van der Waals surface area contributed by atoms with Crippen LogP contribution in [-0.4, -0.2) is 5.11 Å². The lowest BCUT2D eigenvalue weighted by atomic mass is 9.78. The van der Waals surface area contributed by atoms with Crippen LogP contribution in [0.15, 0.2) is 24.3 Å². The van der Waals surface area contributed by atoms with Crippen molar-refractivity contribution in [2.24, 2.45) is 5.92 Å². The quantitative estimate of drug-likeness (QED) is 0.425. The Morgan fingerprint density at radius 3 is 2.39 bits per heavy atom. The molecule has 0 aliphatic heterocycles. The second-order valence-corrected chi connectivity index (χ2v) is 5.14. The molecular weight excluding hydrogens is 224 g/mol. The highest BCUT2D eigenvalue weighted by Gasteiger charge is 2.23. The van der Waals surface area contributed by atoms with Gasteiger partial charge in [0.2, 0.25) is 0 Å². The molecule has 5 N–H and O–H groups in total. The van der Waals surface area contributed by atoms with Gasteiger partial charge in [-0.1, -0.05) is 18.2 Å². The summed E-state index contributed by atoms with van der Waals surface area (Å²) < 4.78 is 0. The monoisotopic (exact) mass is 246 g/mol. The minimum Gasteiger partial charge on any atom is -0.506 e. The van der Waals surface area contributed by atoms with E-state index in [0.717, 1.165) is 18.4 Å². The topological polar surface area (TPSA) is 72.3 Å². The number of hydrogen-bond acceptors (Lipinski definition) is 3. The molecule has 1 fully saturated rings. The van der Waals surface area contributed by atoms with Crippen molar-refractivity contribution in [3.05, 3.63) is 29.8 Å². The number of anilines is 2. The van der Waals surface area contributed by atoms with E-state index in [-0.39, 0.29) is 5.75 Å². The highest BCUT2D eigenvalue weighted by molar-refractivity contribution is 5.74. The van der Waals surface area contributed by atoms with Gasteiger partial charge < -0.3 is 16.6 Å². The molecular formula is C15H22N2O. The lowest BCUT2D eigenvalue weighted by molar-refractivity contribution is 0.376. The second-order valence-electron chi connectivity index (χ2n) is 5.14. The molecule has 1 aromatic rings. The number of benzene rings is 1. The van der Waals surface area contributed by atoms with Crippen LogP contribution in [0, 0.1) is 5.92 Å². The molecule has 0 heterocycles. The van der Waals surface area contributed by atoms with E-state index >= 15 is 0 Å². The fourth-order valence-corrected chi connectivity index (χ4v) is 2.89. The molecule has 3 nitrogen and oxygen atoms in total. The third kappa shape index (κ3) is 2.45. The lowest BCUT2D eigenvalue weighted by Crippen LogP contribution is -2.13. The first-order chi connectivity index (χ1) is 8.63. The smallest absolute Gasteiger partial charge is 0.140 e. The van der Waals surface area contributed by atoms with Gasteiger partial charge in [0.1, 0.15) is 5.75 Å². The third-order valence-electron chi connectivity index (χ3n) is 3.97. The molecule has 0 unspecified atom stereocenters. The van der Waals surface area contributed by atoms with Gasteiger partial charge in [0.15, 0.2) is 0 Å². The van der Waals surface area contributed by atoms with Crippen LogP contribution in [0.5, 0.6) is 5.75 Å². The first-order valence-electron chi connectivity index (χ1n) is 6.63. The van der Waals surface area contributed by atoms with E-state index in [0.29, 0.717) is 23.2 Å². The zero-order valence-corrected chi connectivity index (χ0v) is 10.9. The summed E-state index contributed by atoms with van der Waals surface area (Å²) in [5.74, 6) is 1.27. The van der Waals surface area contributed by atoms with Crippen LogP contribution in [0.1, 0.15) is 44.1 Å². The molecule has 0 saturated heterocycles. The van der Waals surface area contributed by atoms with E-state index in [1.165, 1.54) is 12.8 Å². The standard InChI is InChI=1S/C15H22N2O/c1-2-3-10-4-6-11(7-5-10)12-8-9-13(18)15(17)14(12)16/h2-3,8-11,18H,4-7,16-17H2,1H3/b3-2+. The van der Waals surface area contributed by atoms with Crippen LogP contribution < -0.4 is 11.5 Å². The summed E-state index contributed by atoms with van der Waals surface area (Å²) in [7, 11) is 0. The van der Waals surface area contributed by atoms with Gasteiger partial charge >= 0.3 is 0 Å². The molecule has 0 radical (unpaired) electrons. The van der Waals surface area contributed by atoms with Crippen molar-refractivity contribution in [1.29, 1.82) is 0 Å². The molecule has 18 heavy (non-hydrogen) atoms. The van der Waals surface area contributed by atoms with Crippen LogP contribution in [0.25, 0.3) is 0 Å². The van der Waals surface area contributed by atoms with Gasteiger partial charge in [-0.25, -0.2) is 0 Å². The number of nitrogens with two attached hydrogens (primary N) is 2. The van der Waals surface area contributed by atoms with Gasteiger partial charge in [0.05, 0.1) is 11.4 Å². The maximum absolute atomic E-state index is 9.52. The van der Waals surface area contributed by atoms with Crippen molar-refractivity contribution >= 4 is 11.4 Å². The van der Waals surface area contributed by atoms with Gasteiger partial charge in [-0.2, -0.15) is 0 Å². The molecule has 0 spiro atoms. The Labute approximate surface area is 108 Å². The fourth-order valence-electron chi connectivity index (χ4n) is 2.89. The molecule has 1 aliphatic rings. The van der Waals surface area contributed by atoms with Crippen LogP contribution in [-0.2, 0) is 0 Å². The predicted molar refractivity (Wildman–Crippen MR) is 76.4 cm³/mol. The Balaban J connectivity index is 2.13. The van der Waals surface area contributed by atoms with Crippen molar-refractivity contribution in [3.8, 4) is 5.75 Å². The second kappa shape index (κ2) is 5.34. The van der Waals surface area contributed by atoms with Gasteiger partial charge in [0, 0.05) is 0 Å². The van der Waals surface area contributed by atoms with Gasteiger partial charge in [-0.05, 0) is 56.1 Å². The Hall–Kier alpha value is -1.64. The van der Waals surface area contributed by atoms with Crippen LogP contribution >= 0.6 is 0 Å². The van der Waals surface area contributed by atoms with Gasteiger partial charge in [0.25, 0.3) is 0 Å². The van der Waals surface area contributed by atoms with Crippen LogP contribution in [0.2, 0.25) is 0 Å². The zero-order chi connectivity index (χ0) is 13.1. The summed E-state index contributed by atoms with van der Waals surface area (Å²) in [5, 5.41) is 9.52. The molecule has 2 rings (SSSR count). The molecule has 0 amide bonds. The van der Waals surface area contributed by atoms with E-state index in [2.05, 4.69) is 19.1 Å². The molecule has 0 bridgehead atoms. The van der Waals surface area contributed by atoms with Crippen molar-refractivity contribution in [1.82, 2.24) is 0 Å². The molecule has 3 heteroatoms. The Morgan fingerprint density at radius 1 is 1.11 bits per heavy atom. The maximum Gasteiger partial charge on any atom is 0.140 e. The number of phenols is 1. The minimum atomic E-state index is 0.0823. The zero-order valence-electron chi connectivity index (χ0n) is 10.9. The average molecular weight is 246 g/mol. The first kappa shape index (κ1) is 12.8. The van der Waals surface area contributed by atoms with E-state index in [1.54, 1.807) is 6.07 Å². The highest BCUT2D eigenvalue weighted by atomic mass is 16.3. The first-order valence-corrected chi connectivity index (χ1v) is 6.63. The summed E-state index contributed by atoms with van der Waals surface area (Å²) >= 11 is 0. The molecule has 1 aromatic carbocycles. The molecule has 0 atom stereocenters. The highest BCUT2D eigenvalue weighted by Crippen LogP contribution is 2.41. The number of aromatic hydroxyl groups is 1. The lowest BCUT2D eigenvalue weighted by Gasteiger charge is -2.28. The third-order valence-corrected chi connectivity index (χ3v) is 3.97. The van der Waals surface area contributed by atoms with E-state index in [9.17, 15) is 5.11 Å². The molecule has 0 aromatic heterocycles. The fraction of sp³-hybridized carbons (Fsp3) is 0.467. The van der Waals surface area contributed by atoms with Crippen molar-refractivity contribution < 1.29 is 5.11 Å².